The van der Waals surface area contributed by atoms with E-state index in [1.807, 2.05) is 6.92 Å². The molecule has 0 aromatic carbocycles. The number of ether oxygens (including phenoxy) is 5. The predicted octanol–water partition coefficient (Wildman–Crippen LogP) is -3.52. The molecule has 0 spiro atoms. The summed E-state index contributed by atoms with van der Waals surface area (Å²) in [5.74, 6) is -0.864. The van der Waals surface area contributed by atoms with Crippen LogP contribution >= 0.6 is 0 Å². The molecule has 2 saturated heterocycles. The van der Waals surface area contributed by atoms with Crippen molar-refractivity contribution in [2.75, 3.05) is 19.8 Å². The largest absolute Gasteiger partial charge is 0.394 e. The Balaban J connectivity index is 2.44. The SMILES string of the molecule is CCCO[C@H]1O[C@H](CO)[C@@H](O[C@@H]2O[C@H](CO)[C@@H](O)[C@H](O)[C@H]2N)[C@H](O[C@H](C)C(=O)[C@H](C)N)[C@H]1NC(C)=O. The number of rotatable bonds is 12. The second kappa shape index (κ2) is 14.0. The van der Waals surface area contributed by atoms with Gasteiger partial charge in [-0.1, -0.05) is 6.92 Å². The van der Waals surface area contributed by atoms with Gasteiger partial charge in [0.05, 0.1) is 25.3 Å². The summed E-state index contributed by atoms with van der Waals surface area (Å²) < 4.78 is 29.3. The summed E-state index contributed by atoms with van der Waals surface area (Å²) in [5, 5.41) is 42.8. The fourth-order valence-electron chi connectivity index (χ4n) is 4.19. The van der Waals surface area contributed by atoms with Gasteiger partial charge in [0.2, 0.25) is 5.91 Å². The van der Waals surface area contributed by atoms with Gasteiger partial charge in [0, 0.05) is 13.5 Å². The maximum absolute atomic E-state index is 12.5. The van der Waals surface area contributed by atoms with Crippen LogP contribution in [0.4, 0.5) is 0 Å². The zero-order chi connectivity index (χ0) is 27.2. The van der Waals surface area contributed by atoms with Gasteiger partial charge in [0.25, 0.3) is 0 Å². The van der Waals surface area contributed by atoms with Crippen molar-refractivity contribution in [3.8, 4) is 0 Å². The van der Waals surface area contributed by atoms with Crippen molar-refractivity contribution >= 4 is 11.7 Å². The van der Waals surface area contributed by atoms with E-state index in [4.69, 9.17) is 35.2 Å². The maximum atomic E-state index is 12.5. The Morgan fingerprint density at radius 1 is 1.03 bits per heavy atom. The van der Waals surface area contributed by atoms with Crippen LogP contribution < -0.4 is 16.8 Å². The summed E-state index contributed by atoms with van der Waals surface area (Å²) in [6.07, 6.45) is -10.4. The van der Waals surface area contributed by atoms with Gasteiger partial charge < -0.3 is 60.9 Å². The van der Waals surface area contributed by atoms with E-state index in [1.54, 1.807) is 0 Å². The van der Waals surface area contributed by atoms with E-state index in [2.05, 4.69) is 5.32 Å². The molecule has 9 N–H and O–H groups in total. The van der Waals surface area contributed by atoms with E-state index in [-0.39, 0.29) is 6.61 Å². The lowest BCUT2D eigenvalue weighted by Gasteiger charge is -2.49. The van der Waals surface area contributed by atoms with Crippen molar-refractivity contribution in [2.24, 2.45) is 11.5 Å². The lowest BCUT2D eigenvalue weighted by atomic mass is 9.94. The summed E-state index contributed by atoms with van der Waals surface area (Å²) in [6, 6.07) is -3.08. The van der Waals surface area contributed by atoms with Crippen LogP contribution in [0.15, 0.2) is 0 Å². The van der Waals surface area contributed by atoms with Crippen LogP contribution in [-0.4, -0.2) is 125 Å². The Morgan fingerprint density at radius 2 is 1.64 bits per heavy atom. The molecular weight excluding hydrogens is 482 g/mol. The molecule has 1 amide bonds. The number of hydrogen-bond donors (Lipinski definition) is 7. The fourth-order valence-corrected chi connectivity index (χ4v) is 4.19. The first-order chi connectivity index (χ1) is 17.0. The van der Waals surface area contributed by atoms with Crippen molar-refractivity contribution < 1.29 is 53.7 Å². The molecule has 2 heterocycles. The minimum atomic E-state index is -1.50. The predicted molar refractivity (Wildman–Crippen MR) is 123 cm³/mol. The van der Waals surface area contributed by atoms with Gasteiger partial charge in [0.15, 0.2) is 18.4 Å². The van der Waals surface area contributed by atoms with E-state index in [0.29, 0.717) is 6.42 Å². The molecule has 0 saturated carbocycles. The fraction of sp³-hybridized carbons (Fsp3) is 0.909. The van der Waals surface area contributed by atoms with Crippen LogP contribution in [0.1, 0.15) is 34.1 Å². The number of hydrogen-bond acceptors (Lipinski definition) is 13. The molecule has 0 radical (unpaired) electrons. The van der Waals surface area contributed by atoms with E-state index < -0.39 is 98.3 Å². The standard InChI is InChI=1S/C22H41N3O11/c1-5-6-32-22-15(25-11(4)28)20(33-10(3)16(29)9(2)23)19(13(8-27)35-22)36-21-14(24)18(31)17(30)12(7-26)34-21/h9-10,12-15,17-22,26-27,30-31H,5-8,23-24H2,1-4H3,(H,25,28)/t9-,10+,12+,13+,14+,15+,17+,18+,19+,20+,21-,22-/m0/s1. The number of Topliss-reactive ketones (excluding diaryl/α,β-unsaturated/α-hetero) is 1. The summed E-state index contributed by atoms with van der Waals surface area (Å²) in [5.41, 5.74) is 11.8. The van der Waals surface area contributed by atoms with Crippen molar-refractivity contribution in [1.82, 2.24) is 5.32 Å². The lowest BCUT2D eigenvalue weighted by molar-refractivity contribution is -0.336. The molecule has 0 aromatic rings. The monoisotopic (exact) mass is 523 g/mol. The summed E-state index contributed by atoms with van der Waals surface area (Å²) in [6.45, 7) is 5.22. The molecule has 14 nitrogen and oxygen atoms in total. The Bertz CT molecular complexity index is 713. The van der Waals surface area contributed by atoms with Gasteiger partial charge in [-0.05, 0) is 20.3 Å². The first-order valence-electron chi connectivity index (χ1n) is 12.1. The number of aliphatic hydroxyl groups excluding tert-OH is 4. The molecule has 0 aromatic heterocycles. The summed E-state index contributed by atoms with van der Waals surface area (Å²) >= 11 is 0. The van der Waals surface area contributed by atoms with Gasteiger partial charge >= 0.3 is 0 Å². The van der Waals surface area contributed by atoms with Crippen molar-refractivity contribution in [2.45, 2.75) is 108 Å². The Hall–Kier alpha value is -1.30. The average Bonchev–Trinajstić information content (AvgIpc) is 2.84. The van der Waals surface area contributed by atoms with Crippen molar-refractivity contribution in [1.29, 1.82) is 0 Å². The zero-order valence-corrected chi connectivity index (χ0v) is 21.1. The first-order valence-corrected chi connectivity index (χ1v) is 12.1. The highest BCUT2D eigenvalue weighted by Gasteiger charge is 2.52. The molecule has 2 aliphatic rings. The van der Waals surface area contributed by atoms with E-state index >= 15 is 0 Å². The number of nitrogens with one attached hydrogen (secondary N) is 1. The van der Waals surface area contributed by atoms with Gasteiger partial charge in [-0.25, -0.2) is 0 Å². The topological polar surface area (TPSA) is 225 Å². The van der Waals surface area contributed by atoms with Crippen LogP contribution in [-0.2, 0) is 33.3 Å². The smallest absolute Gasteiger partial charge is 0.217 e. The van der Waals surface area contributed by atoms with E-state index in [1.165, 1.54) is 20.8 Å². The van der Waals surface area contributed by atoms with E-state index in [9.17, 15) is 30.0 Å². The summed E-state index contributed by atoms with van der Waals surface area (Å²) in [7, 11) is 0. The normalized spacial score (nSPS) is 38.8. The third-order valence-electron chi connectivity index (χ3n) is 6.11. The van der Waals surface area contributed by atoms with Crippen LogP contribution in [0.2, 0.25) is 0 Å². The molecule has 12 atom stereocenters. The van der Waals surface area contributed by atoms with Crippen LogP contribution in [0.3, 0.4) is 0 Å². The number of amides is 1. The third kappa shape index (κ3) is 7.39. The lowest BCUT2D eigenvalue weighted by Crippen LogP contribution is -2.69. The number of ketones is 1. The molecule has 2 rings (SSSR count). The Labute approximate surface area is 210 Å². The number of nitrogens with two attached hydrogens (primary N) is 2. The molecule has 0 unspecified atom stereocenters. The summed E-state index contributed by atoms with van der Waals surface area (Å²) in [4.78, 5) is 24.6. The quantitative estimate of drug-likeness (QED) is 0.132. The van der Waals surface area contributed by atoms with Gasteiger partial charge in [-0.2, -0.15) is 0 Å². The minimum absolute atomic E-state index is 0.268. The zero-order valence-electron chi connectivity index (χ0n) is 21.1. The second-order valence-corrected chi connectivity index (χ2v) is 9.14. The minimum Gasteiger partial charge on any atom is -0.394 e. The van der Waals surface area contributed by atoms with Gasteiger partial charge in [-0.15, -0.1) is 0 Å². The first kappa shape index (κ1) is 30.9. The number of carbonyl (C=O) groups excluding carboxylic acids is 2. The third-order valence-corrected chi connectivity index (χ3v) is 6.11. The van der Waals surface area contributed by atoms with Gasteiger partial charge in [-0.3, -0.25) is 9.59 Å². The van der Waals surface area contributed by atoms with Gasteiger partial charge in [0.1, 0.15) is 48.8 Å². The van der Waals surface area contributed by atoms with Crippen LogP contribution in [0.5, 0.6) is 0 Å². The Kier molecular flexibility index (Phi) is 12.0. The molecular formula is C22H41N3O11. The Morgan fingerprint density at radius 3 is 2.17 bits per heavy atom. The highest BCUT2D eigenvalue weighted by atomic mass is 16.7. The molecule has 2 fully saturated rings. The molecule has 36 heavy (non-hydrogen) atoms. The number of carbonyl (C=O) groups is 2. The highest BCUT2D eigenvalue weighted by Crippen LogP contribution is 2.31. The second-order valence-electron chi connectivity index (χ2n) is 9.14. The highest BCUT2D eigenvalue weighted by molar-refractivity contribution is 5.87. The van der Waals surface area contributed by atoms with Crippen molar-refractivity contribution in [3.05, 3.63) is 0 Å². The number of aliphatic hydroxyl groups is 4. The maximum Gasteiger partial charge on any atom is 0.217 e. The molecule has 2 aliphatic heterocycles. The molecule has 14 heteroatoms. The van der Waals surface area contributed by atoms with E-state index in [0.717, 1.165) is 0 Å². The molecule has 0 bridgehead atoms. The molecule has 210 valence electrons. The van der Waals surface area contributed by atoms with Crippen LogP contribution in [0, 0.1) is 0 Å². The average molecular weight is 524 g/mol. The van der Waals surface area contributed by atoms with Crippen molar-refractivity contribution in [3.63, 3.8) is 0 Å². The van der Waals surface area contributed by atoms with Crippen LogP contribution in [0.25, 0.3) is 0 Å². The molecule has 0 aliphatic carbocycles.